The van der Waals surface area contributed by atoms with Gasteiger partial charge in [0.05, 0.1) is 11.5 Å². The van der Waals surface area contributed by atoms with Crippen LogP contribution in [0.4, 0.5) is 0 Å². The molecule has 0 atom stereocenters. The van der Waals surface area contributed by atoms with E-state index in [-0.39, 0.29) is 37.7 Å². The number of hydrogen-bond donors (Lipinski definition) is 0. The largest absolute Gasteiger partial charge is 0.214 e. The number of hydrogen-bond acceptors (Lipinski definition) is 4. The molecule has 1 rings (SSSR count). The van der Waals surface area contributed by atoms with Gasteiger partial charge in [0.2, 0.25) is 20.0 Å². The summed E-state index contributed by atoms with van der Waals surface area (Å²) in [6.07, 6.45) is 0.981. The van der Waals surface area contributed by atoms with Crippen molar-refractivity contribution >= 4 is 31.6 Å². The van der Waals surface area contributed by atoms with Crippen LogP contribution >= 0.6 is 11.6 Å². The lowest BCUT2D eigenvalue weighted by Gasteiger charge is -2.33. The zero-order valence-corrected chi connectivity index (χ0v) is 13.5. The van der Waals surface area contributed by atoms with E-state index in [0.29, 0.717) is 18.7 Å². The molecule has 1 heterocycles. The first-order valence-corrected chi connectivity index (χ1v) is 10.1. The second-order valence-corrected chi connectivity index (χ2v) is 9.03. The lowest BCUT2D eigenvalue weighted by atomic mass is 10.4. The van der Waals surface area contributed by atoms with Crippen LogP contribution in [0.15, 0.2) is 0 Å². The van der Waals surface area contributed by atoms with Gasteiger partial charge in [0.1, 0.15) is 0 Å². The monoisotopic (exact) mass is 332 g/mol. The van der Waals surface area contributed by atoms with Gasteiger partial charge in [-0.25, -0.2) is 16.8 Å². The summed E-state index contributed by atoms with van der Waals surface area (Å²) in [6.45, 7) is 2.75. The zero-order chi connectivity index (χ0) is 14.5. The van der Waals surface area contributed by atoms with Crippen molar-refractivity contribution in [1.29, 1.82) is 0 Å². The van der Waals surface area contributed by atoms with Gasteiger partial charge in [-0.3, -0.25) is 0 Å². The molecule has 0 amide bonds. The standard InChI is InChI=1S/C10H21ClN2O4S2/c1-2-9-18(14,15)12-5-7-13(8-6-12)19(16,17)10-3-4-11/h2-10H2,1H3. The Hall–Kier alpha value is 0.110. The van der Waals surface area contributed by atoms with E-state index in [0.717, 1.165) is 0 Å². The van der Waals surface area contributed by atoms with Gasteiger partial charge < -0.3 is 0 Å². The zero-order valence-electron chi connectivity index (χ0n) is 11.1. The van der Waals surface area contributed by atoms with Crippen molar-refractivity contribution in [2.75, 3.05) is 43.6 Å². The van der Waals surface area contributed by atoms with E-state index in [1.165, 1.54) is 8.61 Å². The highest BCUT2D eigenvalue weighted by atomic mass is 35.5. The first-order chi connectivity index (χ1) is 8.83. The minimum atomic E-state index is -3.30. The van der Waals surface area contributed by atoms with E-state index in [9.17, 15) is 16.8 Å². The molecular weight excluding hydrogens is 312 g/mol. The highest BCUT2D eigenvalue weighted by Crippen LogP contribution is 2.13. The topological polar surface area (TPSA) is 74.8 Å². The van der Waals surface area contributed by atoms with E-state index < -0.39 is 20.0 Å². The molecule has 1 fully saturated rings. The SMILES string of the molecule is CCCS(=O)(=O)N1CCN(S(=O)(=O)CCCCl)CC1. The van der Waals surface area contributed by atoms with Crippen LogP contribution in [-0.4, -0.2) is 69.0 Å². The maximum atomic E-state index is 11.9. The maximum absolute atomic E-state index is 11.9. The second-order valence-electron chi connectivity index (χ2n) is 4.47. The van der Waals surface area contributed by atoms with Gasteiger partial charge >= 0.3 is 0 Å². The van der Waals surface area contributed by atoms with Crippen molar-refractivity contribution in [3.63, 3.8) is 0 Å². The van der Waals surface area contributed by atoms with Crippen molar-refractivity contribution in [2.45, 2.75) is 19.8 Å². The van der Waals surface area contributed by atoms with Crippen molar-refractivity contribution in [2.24, 2.45) is 0 Å². The van der Waals surface area contributed by atoms with Gasteiger partial charge in [-0.2, -0.15) is 8.61 Å². The van der Waals surface area contributed by atoms with Crippen molar-refractivity contribution in [3.05, 3.63) is 0 Å². The first-order valence-electron chi connectivity index (χ1n) is 6.35. The summed E-state index contributed by atoms with van der Waals surface area (Å²) in [4.78, 5) is 0. The Morgan fingerprint density at radius 2 is 1.32 bits per heavy atom. The van der Waals surface area contributed by atoms with E-state index in [4.69, 9.17) is 11.6 Å². The van der Waals surface area contributed by atoms with Crippen LogP contribution in [-0.2, 0) is 20.0 Å². The Labute approximate surface area is 120 Å². The summed E-state index contributed by atoms with van der Waals surface area (Å²) in [5.41, 5.74) is 0. The number of halogens is 1. The molecule has 1 aliphatic rings. The fourth-order valence-corrected chi connectivity index (χ4v) is 5.25. The Kier molecular flexibility index (Phi) is 6.52. The molecule has 1 saturated heterocycles. The molecule has 0 aromatic carbocycles. The molecule has 0 saturated carbocycles. The fraction of sp³-hybridized carbons (Fsp3) is 1.00. The highest BCUT2D eigenvalue weighted by molar-refractivity contribution is 7.89. The van der Waals surface area contributed by atoms with Crippen molar-refractivity contribution in [3.8, 4) is 0 Å². The molecule has 0 radical (unpaired) electrons. The number of alkyl halides is 1. The highest BCUT2D eigenvalue weighted by Gasteiger charge is 2.31. The Morgan fingerprint density at radius 1 is 0.895 bits per heavy atom. The van der Waals surface area contributed by atoms with Crippen LogP contribution in [0.5, 0.6) is 0 Å². The molecule has 9 heteroatoms. The lowest BCUT2D eigenvalue weighted by Crippen LogP contribution is -2.51. The summed E-state index contributed by atoms with van der Waals surface area (Å²) in [6, 6.07) is 0. The van der Waals surface area contributed by atoms with Gasteiger partial charge in [0.25, 0.3) is 0 Å². The molecule has 19 heavy (non-hydrogen) atoms. The number of piperazine rings is 1. The summed E-state index contributed by atoms with van der Waals surface area (Å²) in [5, 5.41) is 0. The average molecular weight is 333 g/mol. The molecule has 0 aromatic rings. The van der Waals surface area contributed by atoms with E-state index in [2.05, 4.69) is 0 Å². The van der Waals surface area contributed by atoms with Crippen molar-refractivity contribution in [1.82, 2.24) is 8.61 Å². The minimum Gasteiger partial charge on any atom is -0.212 e. The van der Waals surface area contributed by atoms with Crippen LogP contribution in [0.2, 0.25) is 0 Å². The van der Waals surface area contributed by atoms with E-state index in [1.807, 2.05) is 6.92 Å². The Bertz CT molecular complexity index is 470. The second kappa shape index (κ2) is 7.21. The third kappa shape index (κ3) is 4.86. The minimum absolute atomic E-state index is 0.0260. The molecule has 0 aliphatic carbocycles. The molecule has 0 bridgehead atoms. The molecule has 114 valence electrons. The summed E-state index contributed by atoms with van der Waals surface area (Å²) in [5.74, 6) is 0.453. The van der Waals surface area contributed by atoms with Crippen LogP contribution in [0, 0.1) is 0 Å². The first kappa shape index (κ1) is 17.2. The van der Waals surface area contributed by atoms with Gasteiger partial charge in [0.15, 0.2) is 0 Å². The summed E-state index contributed by atoms with van der Waals surface area (Å²) in [7, 11) is -6.53. The average Bonchev–Trinajstić information content (AvgIpc) is 2.36. The van der Waals surface area contributed by atoms with Crippen LogP contribution in [0.3, 0.4) is 0 Å². The van der Waals surface area contributed by atoms with Crippen LogP contribution in [0.25, 0.3) is 0 Å². The van der Waals surface area contributed by atoms with E-state index in [1.54, 1.807) is 0 Å². The summed E-state index contributed by atoms with van der Waals surface area (Å²) < 4.78 is 50.3. The van der Waals surface area contributed by atoms with Gasteiger partial charge in [-0.05, 0) is 12.8 Å². The maximum Gasteiger partial charge on any atom is 0.214 e. The molecule has 1 aliphatic heterocycles. The van der Waals surface area contributed by atoms with Crippen LogP contribution < -0.4 is 0 Å². The van der Waals surface area contributed by atoms with Gasteiger partial charge in [-0.15, -0.1) is 11.6 Å². The quantitative estimate of drug-likeness (QED) is 0.629. The number of nitrogens with zero attached hydrogens (tertiary/aromatic N) is 2. The number of rotatable bonds is 7. The smallest absolute Gasteiger partial charge is 0.212 e. The molecular formula is C10H21ClN2O4S2. The molecule has 6 nitrogen and oxygen atoms in total. The summed E-state index contributed by atoms with van der Waals surface area (Å²) >= 11 is 5.49. The molecule has 0 spiro atoms. The third-order valence-electron chi connectivity index (χ3n) is 2.98. The van der Waals surface area contributed by atoms with Crippen molar-refractivity contribution < 1.29 is 16.8 Å². The lowest BCUT2D eigenvalue weighted by molar-refractivity contribution is 0.273. The Morgan fingerprint density at radius 3 is 1.68 bits per heavy atom. The fourth-order valence-electron chi connectivity index (χ4n) is 1.98. The predicted octanol–water partition coefficient (Wildman–Crippen LogP) is 0.303. The number of sulfonamides is 2. The molecule has 0 aromatic heterocycles. The van der Waals surface area contributed by atoms with E-state index >= 15 is 0 Å². The van der Waals surface area contributed by atoms with Crippen LogP contribution in [0.1, 0.15) is 19.8 Å². The molecule has 0 N–H and O–H groups in total. The third-order valence-corrected chi connectivity index (χ3v) is 7.28. The van der Waals surface area contributed by atoms with Gasteiger partial charge in [0, 0.05) is 32.1 Å². The normalized spacial score (nSPS) is 19.7. The molecule has 0 unspecified atom stereocenters. The van der Waals surface area contributed by atoms with Gasteiger partial charge in [-0.1, -0.05) is 6.92 Å². The Balaban J connectivity index is 2.58. The predicted molar refractivity (Wildman–Crippen MR) is 76.3 cm³/mol.